The third-order valence-corrected chi connectivity index (χ3v) is 5.53. The van der Waals surface area contributed by atoms with E-state index in [-0.39, 0.29) is 11.8 Å². The standard InChI is InChI=1S/C21H38N2O6S/c1-8-10-15(20(26)29-21(4,5)6)16(13-14(2)3)19(25)23-12-9-11-17(23)18(24)22-30(7,27)28/h14-17H,8-13H2,1-7H3,(H,22,24)/t15?,16-,17?/m1/s1. The van der Waals surface area contributed by atoms with Crippen molar-refractivity contribution in [1.29, 1.82) is 0 Å². The Kier molecular flexibility index (Phi) is 9.32. The number of ether oxygens (including phenoxy) is 1. The van der Waals surface area contributed by atoms with Gasteiger partial charge in [-0.1, -0.05) is 27.2 Å². The number of likely N-dealkylation sites (tertiary alicyclic amines) is 1. The Balaban J connectivity index is 3.19. The van der Waals surface area contributed by atoms with E-state index in [0.29, 0.717) is 38.6 Å². The molecule has 3 atom stereocenters. The third kappa shape index (κ3) is 8.24. The fraction of sp³-hybridized carbons (Fsp3) is 0.857. The number of esters is 1. The molecule has 0 spiro atoms. The van der Waals surface area contributed by atoms with E-state index < -0.39 is 45.4 Å². The van der Waals surface area contributed by atoms with Crippen molar-refractivity contribution >= 4 is 27.8 Å². The van der Waals surface area contributed by atoms with E-state index in [4.69, 9.17) is 4.74 Å². The van der Waals surface area contributed by atoms with Gasteiger partial charge in [0.05, 0.1) is 18.1 Å². The molecule has 2 amide bonds. The number of nitrogens with zero attached hydrogens (tertiary/aromatic N) is 1. The maximum Gasteiger partial charge on any atom is 0.310 e. The first-order valence-corrected chi connectivity index (χ1v) is 12.6. The normalized spacial score (nSPS) is 19.5. The third-order valence-electron chi connectivity index (χ3n) is 4.96. The van der Waals surface area contributed by atoms with E-state index in [1.165, 1.54) is 4.90 Å². The van der Waals surface area contributed by atoms with Crippen molar-refractivity contribution in [2.45, 2.75) is 85.3 Å². The highest BCUT2D eigenvalue weighted by Gasteiger charge is 2.43. The molecule has 8 nitrogen and oxygen atoms in total. The van der Waals surface area contributed by atoms with Crippen molar-refractivity contribution in [3.63, 3.8) is 0 Å². The highest BCUT2D eigenvalue weighted by molar-refractivity contribution is 7.89. The SMILES string of the molecule is CCCC(C(=O)OC(C)(C)C)[C@@H](CC(C)C)C(=O)N1CCCC1C(=O)NS(C)(=O)=O. The van der Waals surface area contributed by atoms with E-state index >= 15 is 0 Å². The second-order valence-corrected chi connectivity index (χ2v) is 11.3. The first-order chi connectivity index (χ1) is 13.7. The van der Waals surface area contributed by atoms with Crippen molar-refractivity contribution in [1.82, 2.24) is 9.62 Å². The van der Waals surface area contributed by atoms with Crippen LogP contribution >= 0.6 is 0 Å². The lowest BCUT2D eigenvalue weighted by Crippen LogP contribution is -2.51. The van der Waals surface area contributed by atoms with Crippen LogP contribution in [0.15, 0.2) is 0 Å². The number of hydrogen-bond donors (Lipinski definition) is 1. The van der Waals surface area contributed by atoms with Gasteiger partial charge in [0.15, 0.2) is 0 Å². The number of rotatable bonds is 9. The molecular formula is C21H38N2O6S. The maximum absolute atomic E-state index is 13.5. The van der Waals surface area contributed by atoms with E-state index in [1.807, 2.05) is 25.5 Å². The van der Waals surface area contributed by atoms with E-state index in [0.717, 1.165) is 6.26 Å². The number of amides is 2. The van der Waals surface area contributed by atoms with Crippen LogP contribution in [0.2, 0.25) is 0 Å². The molecule has 1 fully saturated rings. The Hall–Kier alpha value is -1.64. The minimum absolute atomic E-state index is 0.159. The Bertz CT molecular complexity index is 726. The fourth-order valence-corrected chi connectivity index (χ4v) is 4.39. The molecule has 1 heterocycles. The summed E-state index contributed by atoms with van der Waals surface area (Å²) in [6.07, 6.45) is 3.61. The molecule has 174 valence electrons. The van der Waals surface area contributed by atoms with Crippen molar-refractivity contribution in [3.05, 3.63) is 0 Å². The van der Waals surface area contributed by atoms with E-state index in [2.05, 4.69) is 0 Å². The molecule has 2 unspecified atom stereocenters. The van der Waals surface area contributed by atoms with Gasteiger partial charge in [0, 0.05) is 6.54 Å². The molecule has 1 aliphatic rings. The lowest BCUT2D eigenvalue weighted by atomic mass is 9.81. The summed E-state index contributed by atoms with van der Waals surface area (Å²) in [6, 6.07) is -0.845. The summed E-state index contributed by atoms with van der Waals surface area (Å²) >= 11 is 0. The summed E-state index contributed by atoms with van der Waals surface area (Å²) in [7, 11) is -3.72. The summed E-state index contributed by atoms with van der Waals surface area (Å²) in [5, 5.41) is 0. The molecule has 0 aromatic heterocycles. The van der Waals surface area contributed by atoms with Crippen LogP contribution in [0.4, 0.5) is 0 Å². The van der Waals surface area contributed by atoms with Gasteiger partial charge in [0.2, 0.25) is 15.9 Å². The highest BCUT2D eigenvalue weighted by Crippen LogP contribution is 2.32. The summed E-state index contributed by atoms with van der Waals surface area (Å²) in [5.41, 5.74) is -0.667. The molecule has 1 saturated heterocycles. The van der Waals surface area contributed by atoms with Crippen molar-refractivity contribution < 1.29 is 27.5 Å². The van der Waals surface area contributed by atoms with Gasteiger partial charge in [-0.05, 0) is 52.4 Å². The lowest BCUT2D eigenvalue weighted by Gasteiger charge is -2.33. The fourth-order valence-electron chi connectivity index (χ4n) is 3.88. The molecule has 0 bridgehead atoms. The van der Waals surface area contributed by atoms with Crippen molar-refractivity contribution in [2.24, 2.45) is 17.8 Å². The molecule has 0 aliphatic carbocycles. The molecule has 1 rings (SSSR count). The molecule has 0 aromatic carbocycles. The summed E-state index contributed by atoms with van der Waals surface area (Å²) in [4.78, 5) is 40.4. The van der Waals surface area contributed by atoms with Crippen molar-refractivity contribution in [3.8, 4) is 0 Å². The molecular weight excluding hydrogens is 408 g/mol. The quantitative estimate of drug-likeness (QED) is 0.545. The average molecular weight is 447 g/mol. The average Bonchev–Trinajstić information content (AvgIpc) is 3.03. The molecule has 1 aliphatic heterocycles. The molecule has 9 heteroatoms. The van der Waals surface area contributed by atoms with Crippen LogP contribution in [-0.4, -0.2) is 55.5 Å². The molecule has 30 heavy (non-hydrogen) atoms. The zero-order valence-electron chi connectivity index (χ0n) is 19.4. The van der Waals surface area contributed by atoms with Crippen LogP contribution in [0.1, 0.15) is 73.6 Å². The number of carbonyl (C=O) groups is 3. The van der Waals surface area contributed by atoms with Gasteiger partial charge in [0.25, 0.3) is 5.91 Å². The van der Waals surface area contributed by atoms with Gasteiger partial charge in [-0.2, -0.15) is 0 Å². The first kappa shape index (κ1) is 26.4. The summed E-state index contributed by atoms with van der Waals surface area (Å²) < 4.78 is 30.5. The Morgan fingerprint density at radius 3 is 2.23 bits per heavy atom. The Labute approximate surface area is 181 Å². The van der Waals surface area contributed by atoms with Crippen LogP contribution in [0.5, 0.6) is 0 Å². The van der Waals surface area contributed by atoms with Crippen LogP contribution in [0.25, 0.3) is 0 Å². The smallest absolute Gasteiger partial charge is 0.310 e. The van der Waals surface area contributed by atoms with E-state index in [9.17, 15) is 22.8 Å². The van der Waals surface area contributed by atoms with Gasteiger partial charge >= 0.3 is 5.97 Å². The van der Waals surface area contributed by atoms with Crippen LogP contribution in [-0.2, 0) is 29.1 Å². The zero-order valence-corrected chi connectivity index (χ0v) is 20.2. The van der Waals surface area contributed by atoms with Crippen molar-refractivity contribution in [2.75, 3.05) is 12.8 Å². The topological polar surface area (TPSA) is 110 Å². The number of sulfonamides is 1. The van der Waals surface area contributed by atoms with Gasteiger partial charge in [-0.25, -0.2) is 8.42 Å². The van der Waals surface area contributed by atoms with Gasteiger partial charge < -0.3 is 9.64 Å². The largest absolute Gasteiger partial charge is 0.460 e. The predicted octanol–water partition coefficient (Wildman–Crippen LogP) is 2.47. The molecule has 0 saturated carbocycles. The minimum Gasteiger partial charge on any atom is -0.460 e. The monoisotopic (exact) mass is 446 g/mol. The molecule has 0 radical (unpaired) electrons. The number of carbonyl (C=O) groups excluding carboxylic acids is 3. The number of hydrogen-bond acceptors (Lipinski definition) is 6. The number of nitrogens with one attached hydrogen (secondary N) is 1. The van der Waals surface area contributed by atoms with Crippen LogP contribution in [0.3, 0.4) is 0 Å². The minimum atomic E-state index is -3.72. The van der Waals surface area contributed by atoms with Crippen LogP contribution < -0.4 is 4.72 Å². The van der Waals surface area contributed by atoms with Gasteiger partial charge in [0.1, 0.15) is 11.6 Å². The van der Waals surface area contributed by atoms with Gasteiger partial charge in [-0.15, -0.1) is 0 Å². The maximum atomic E-state index is 13.5. The molecule has 0 aromatic rings. The van der Waals surface area contributed by atoms with E-state index in [1.54, 1.807) is 20.8 Å². The first-order valence-electron chi connectivity index (χ1n) is 10.7. The summed E-state index contributed by atoms with van der Waals surface area (Å²) in [6.45, 7) is 11.7. The second-order valence-electron chi connectivity index (χ2n) is 9.59. The lowest BCUT2D eigenvalue weighted by molar-refractivity contribution is -0.166. The predicted molar refractivity (Wildman–Crippen MR) is 115 cm³/mol. The molecule has 1 N–H and O–H groups in total. The second kappa shape index (κ2) is 10.6. The zero-order chi connectivity index (χ0) is 23.3. The van der Waals surface area contributed by atoms with Gasteiger partial charge in [-0.3, -0.25) is 19.1 Å². The highest BCUT2D eigenvalue weighted by atomic mass is 32.2. The summed E-state index contributed by atoms with van der Waals surface area (Å²) in [5.74, 6) is -2.45. The van der Waals surface area contributed by atoms with Crippen LogP contribution in [0, 0.1) is 17.8 Å². The Morgan fingerprint density at radius 2 is 1.77 bits per heavy atom. The Morgan fingerprint density at radius 1 is 1.17 bits per heavy atom.